The number of hydrazone groups is 1. The highest BCUT2D eigenvalue weighted by atomic mass is 16.4. The average Bonchev–Trinajstić information content (AvgIpc) is 2.49. The summed E-state index contributed by atoms with van der Waals surface area (Å²) < 4.78 is 1.73. The largest absolute Gasteiger partial charge is 0.478 e. The Morgan fingerprint density at radius 2 is 1.81 bits per heavy atom. The van der Waals surface area contributed by atoms with E-state index in [1.165, 1.54) is 18.3 Å². The molecule has 1 amide bonds. The van der Waals surface area contributed by atoms with Crippen molar-refractivity contribution >= 4 is 18.1 Å². The van der Waals surface area contributed by atoms with Crippen molar-refractivity contribution < 1.29 is 19.3 Å². The van der Waals surface area contributed by atoms with Crippen LogP contribution in [0.5, 0.6) is 0 Å². The molecular weight excluding hydrogens is 270 g/mol. The van der Waals surface area contributed by atoms with Crippen LogP contribution in [0.25, 0.3) is 0 Å². The fraction of sp³-hybridized carbons (Fsp3) is 0.0667. The number of nitrogens with zero attached hydrogens (tertiary/aromatic N) is 2. The summed E-state index contributed by atoms with van der Waals surface area (Å²) in [7, 11) is 0. The minimum atomic E-state index is -0.980. The zero-order valence-electron chi connectivity index (χ0n) is 11.1. The van der Waals surface area contributed by atoms with Crippen molar-refractivity contribution in [3.05, 3.63) is 66.0 Å². The first-order valence-corrected chi connectivity index (χ1v) is 6.24. The van der Waals surface area contributed by atoms with Gasteiger partial charge in [-0.05, 0) is 17.7 Å². The van der Waals surface area contributed by atoms with Gasteiger partial charge in [-0.15, -0.1) is 0 Å². The normalized spacial score (nSPS) is 10.5. The van der Waals surface area contributed by atoms with Crippen LogP contribution in [-0.2, 0) is 11.3 Å². The van der Waals surface area contributed by atoms with Gasteiger partial charge in [0.15, 0.2) is 12.4 Å². The van der Waals surface area contributed by atoms with Gasteiger partial charge < -0.3 is 5.11 Å². The van der Waals surface area contributed by atoms with E-state index in [1.54, 1.807) is 29.1 Å². The maximum Gasteiger partial charge on any atom is 0.335 e. The minimum absolute atomic E-state index is 0.177. The molecule has 2 N–H and O–H groups in total. The number of hydrogen-bond donors (Lipinski definition) is 2. The van der Waals surface area contributed by atoms with E-state index in [-0.39, 0.29) is 18.0 Å². The number of hydrogen-bond acceptors (Lipinski definition) is 3. The van der Waals surface area contributed by atoms with Crippen molar-refractivity contribution in [1.29, 1.82) is 0 Å². The third kappa shape index (κ3) is 4.54. The number of amides is 1. The van der Waals surface area contributed by atoms with Crippen molar-refractivity contribution in [3.63, 3.8) is 0 Å². The van der Waals surface area contributed by atoms with Gasteiger partial charge in [0.25, 0.3) is 0 Å². The Balaban J connectivity index is 1.87. The van der Waals surface area contributed by atoms with Crippen LogP contribution < -0.4 is 9.99 Å². The van der Waals surface area contributed by atoms with Crippen LogP contribution in [0.4, 0.5) is 0 Å². The highest BCUT2D eigenvalue weighted by Crippen LogP contribution is 2.02. The lowest BCUT2D eigenvalue weighted by molar-refractivity contribution is -0.684. The molecule has 1 aromatic heterocycles. The van der Waals surface area contributed by atoms with Gasteiger partial charge in [0, 0.05) is 12.1 Å². The van der Waals surface area contributed by atoms with Gasteiger partial charge in [-0.25, -0.2) is 10.2 Å². The Bertz CT molecular complexity index is 652. The SMILES string of the molecule is O=C(C[n+]1ccccc1)N/N=C/c1ccc(C(=O)O)cc1. The van der Waals surface area contributed by atoms with E-state index in [4.69, 9.17) is 5.11 Å². The van der Waals surface area contributed by atoms with Gasteiger partial charge in [0.05, 0.1) is 11.8 Å². The summed E-state index contributed by atoms with van der Waals surface area (Å²) >= 11 is 0. The molecule has 21 heavy (non-hydrogen) atoms. The molecule has 0 unspecified atom stereocenters. The monoisotopic (exact) mass is 284 g/mol. The molecule has 0 atom stereocenters. The molecule has 0 fully saturated rings. The van der Waals surface area contributed by atoms with Gasteiger partial charge in [0.1, 0.15) is 0 Å². The summed E-state index contributed by atoms with van der Waals surface area (Å²) in [6.07, 6.45) is 5.03. The Morgan fingerprint density at radius 1 is 1.14 bits per heavy atom. The average molecular weight is 284 g/mol. The maximum atomic E-state index is 11.6. The van der Waals surface area contributed by atoms with E-state index in [2.05, 4.69) is 10.5 Å². The van der Waals surface area contributed by atoms with Gasteiger partial charge in [-0.1, -0.05) is 18.2 Å². The number of benzene rings is 1. The number of aromatic carboxylic acids is 1. The lowest BCUT2D eigenvalue weighted by Gasteiger charge is -1.97. The molecule has 2 rings (SSSR count). The number of nitrogens with one attached hydrogen (secondary N) is 1. The van der Waals surface area contributed by atoms with Crippen molar-refractivity contribution in [2.45, 2.75) is 6.54 Å². The maximum absolute atomic E-state index is 11.6. The van der Waals surface area contributed by atoms with Crippen LogP contribution >= 0.6 is 0 Å². The van der Waals surface area contributed by atoms with E-state index < -0.39 is 5.97 Å². The lowest BCUT2D eigenvalue weighted by Crippen LogP contribution is -2.40. The number of carboxylic acid groups (broad SMARTS) is 1. The fourth-order valence-corrected chi connectivity index (χ4v) is 1.63. The number of aromatic nitrogens is 1. The van der Waals surface area contributed by atoms with Crippen molar-refractivity contribution in [2.75, 3.05) is 0 Å². The summed E-state index contributed by atoms with van der Waals surface area (Å²) in [4.78, 5) is 22.3. The van der Waals surface area contributed by atoms with Crippen LogP contribution in [0.2, 0.25) is 0 Å². The van der Waals surface area contributed by atoms with Gasteiger partial charge >= 0.3 is 11.9 Å². The number of carbonyl (C=O) groups is 2. The van der Waals surface area contributed by atoms with E-state index >= 15 is 0 Å². The highest BCUT2D eigenvalue weighted by molar-refractivity contribution is 5.89. The van der Waals surface area contributed by atoms with E-state index in [0.717, 1.165) is 0 Å². The molecule has 0 spiro atoms. The Hall–Kier alpha value is -3.02. The van der Waals surface area contributed by atoms with Crippen LogP contribution in [0.15, 0.2) is 60.0 Å². The van der Waals surface area contributed by atoms with Crippen molar-refractivity contribution in [3.8, 4) is 0 Å². The van der Waals surface area contributed by atoms with Gasteiger partial charge in [-0.2, -0.15) is 9.67 Å². The molecule has 6 nitrogen and oxygen atoms in total. The third-order valence-corrected chi connectivity index (χ3v) is 2.66. The topological polar surface area (TPSA) is 82.6 Å². The summed E-state index contributed by atoms with van der Waals surface area (Å²) in [6, 6.07) is 11.7. The van der Waals surface area contributed by atoms with Crippen LogP contribution in [-0.4, -0.2) is 23.2 Å². The summed E-state index contributed by atoms with van der Waals surface area (Å²) in [5.74, 6) is -1.23. The molecular formula is C15H14N3O3+. The number of carbonyl (C=O) groups excluding carboxylic acids is 1. The molecule has 106 valence electrons. The molecule has 1 heterocycles. The molecule has 2 aromatic rings. The molecule has 1 aromatic carbocycles. The van der Waals surface area contributed by atoms with Crippen LogP contribution in [0, 0.1) is 0 Å². The summed E-state index contributed by atoms with van der Waals surface area (Å²) in [5.41, 5.74) is 3.32. The van der Waals surface area contributed by atoms with E-state index in [9.17, 15) is 9.59 Å². The Labute approximate surface area is 121 Å². The highest BCUT2D eigenvalue weighted by Gasteiger charge is 2.06. The first kappa shape index (κ1) is 14.4. The number of carboxylic acids is 1. The van der Waals surface area contributed by atoms with Crippen LogP contribution in [0.1, 0.15) is 15.9 Å². The molecule has 0 aliphatic rings. The molecule has 0 bridgehead atoms. The second-order valence-corrected chi connectivity index (χ2v) is 4.27. The van der Waals surface area contributed by atoms with Crippen LogP contribution in [0.3, 0.4) is 0 Å². The first-order valence-electron chi connectivity index (χ1n) is 6.24. The molecule has 0 saturated carbocycles. The molecule has 0 aliphatic carbocycles. The zero-order valence-corrected chi connectivity index (χ0v) is 11.1. The van der Waals surface area contributed by atoms with E-state index in [1.807, 2.05) is 18.2 Å². The van der Waals surface area contributed by atoms with Crippen molar-refractivity contribution in [1.82, 2.24) is 5.43 Å². The number of pyridine rings is 1. The quantitative estimate of drug-likeness (QED) is 0.484. The van der Waals surface area contributed by atoms with Crippen molar-refractivity contribution in [2.24, 2.45) is 5.10 Å². The molecule has 0 radical (unpaired) electrons. The van der Waals surface area contributed by atoms with E-state index in [0.29, 0.717) is 5.56 Å². The second-order valence-electron chi connectivity index (χ2n) is 4.27. The Morgan fingerprint density at radius 3 is 2.43 bits per heavy atom. The molecule has 6 heteroatoms. The molecule has 0 aliphatic heterocycles. The predicted octanol–water partition coefficient (Wildman–Crippen LogP) is 0.823. The first-order chi connectivity index (χ1) is 10.1. The second kappa shape index (κ2) is 6.95. The summed E-state index contributed by atoms with van der Waals surface area (Å²) in [5, 5.41) is 12.6. The van der Waals surface area contributed by atoms with Gasteiger partial charge in [0.2, 0.25) is 6.54 Å². The number of rotatable bonds is 5. The lowest BCUT2D eigenvalue weighted by atomic mass is 10.1. The van der Waals surface area contributed by atoms with Gasteiger partial charge in [-0.3, -0.25) is 4.79 Å². The molecule has 0 saturated heterocycles. The zero-order chi connectivity index (χ0) is 15.1. The minimum Gasteiger partial charge on any atom is -0.478 e. The predicted molar refractivity (Wildman–Crippen MR) is 75.8 cm³/mol. The summed E-state index contributed by atoms with van der Waals surface area (Å²) in [6.45, 7) is 0.177. The standard InChI is InChI=1S/C15H13N3O3/c19-14(11-18-8-2-1-3-9-18)17-16-10-12-4-6-13(7-5-12)15(20)21/h1-10H,11H2,(H-,17,19,20,21)/p+1/b16-10+. The smallest absolute Gasteiger partial charge is 0.335 e. The Kier molecular flexibility index (Phi) is 4.76. The third-order valence-electron chi connectivity index (χ3n) is 2.66. The fourth-order valence-electron chi connectivity index (χ4n) is 1.63.